The van der Waals surface area contributed by atoms with E-state index in [1.165, 1.54) is 17.5 Å². The molecule has 0 spiro atoms. The van der Waals surface area contributed by atoms with E-state index in [4.69, 9.17) is 5.26 Å². The first-order valence-electron chi connectivity index (χ1n) is 7.48. The van der Waals surface area contributed by atoms with E-state index in [1.54, 1.807) is 12.1 Å². The molecule has 0 saturated carbocycles. The molecule has 2 N–H and O–H groups in total. The second-order valence-electron chi connectivity index (χ2n) is 5.68. The number of hydrogen-bond acceptors (Lipinski definition) is 5. The standard InChI is InChI=1S/C18H14N4O/c19-9-11-1-5-16-15(7-11)18(21-10-20-16)22-17-6-2-12-8-13(23)3-4-14(12)17/h1,3-5,7-8,10,17,23H,2,6H2,(H,20,21,22). The fourth-order valence-electron chi connectivity index (χ4n) is 3.16. The lowest BCUT2D eigenvalue weighted by Crippen LogP contribution is -2.09. The van der Waals surface area contributed by atoms with Gasteiger partial charge in [-0.05, 0) is 54.3 Å². The van der Waals surface area contributed by atoms with Gasteiger partial charge in [-0.2, -0.15) is 5.26 Å². The Labute approximate surface area is 133 Å². The van der Waals surface area contributed by atoms with Crippen LogP contribution in [0.2, 0.25) is 0 Å². The number of benzene rings is 2. The van der Waals surface area contributed by atoms with Gasteiger partial charge in [0.1, 0.15) is 17.9 Å². The number of rotatable bonds is 2. The number of fused-ring (bicyclic) bond motifs is 2. The van der Waals surface area contributed by atoms with Crippen LogP contribution in [-0.4, -0.2) is 15.1 Å². The van der Waals surface area contributed by atoms with Crippen molar-refractivity contribution in [2.45, 2.75) is 18.9 Å². The molecule has 1 atom stereocenters. The lowest BCUT2D eigenvalue weighted by molar-refractivity contribution is 0.474. The fraction of sp³-hybridized carbons (Fsp3) is 0.167. The van der Waals surface area contributed by atoms with E-state index in [2.05, 4.69) is 21.4 Å². The molecule has 0 radical (unpaired) electrons. The smallest absolute Gasteiger partial charge is 0.137 e. The Morgan fingerprint density at radius 2 is 2.09 bits per heavy atom. The van der Waals surface area contributed by atoms with Gasteiger partial charge in [-0.1, -0.05) is 6.07 Å². The van der Waals surface area contributed by atoms with E-state index >= 15 is 0 Å². The van der Waals surface area contributed by atoms with Crippen molar-refractivity contribution >= 4 is 16.7 Å². The number of anilines is 1. The lowest BCUT2D eigenvalue weighted by Gasteiger charge is -2.16. The summed E-state index contributed by atoms with van der Waals surface area (Å²) in [6.45, 7) is 0. The second-order valence-corrected chi connectivity index (χ2v) is 5.68. The number of aryl methyl sites for hydroxylation is 1. The molecule has 5 heteroatoms. The Morgan fingerprint density at radius 1 is 1.17 bits per heavy atom. The van der Waals surface area contributed by atoms with Crippen molar-refractivity contribution in [3.63, 3.8) is 0 Å². The minimum Gasteiger partial charge on any atom is -0.508 e. The zero-order valence-electron chi connectivity index (χ0n) is 12.3. The fourth-order valence-corrected chi connectivity index (χ4v) is 3.16. The lowest BCUT2D eigenvalue weighted by atomic mass is 10.1. The molecule has 1 aliphatic carbocycles. The van der Waals surface area contributed by atoms with Crippen molar-refractivity contribution in [2.75, 3.05) is 5.32 Å². The summed E-state index contributed by atoms with van der Waals surface area (Å²) in [6, 6.07) is 13.2. The highest BCUT2D eigenvalue weighted by Gasteiger charge is 2.23. The number of nitriles is 1. The molecule has 4 rings (SSSR count). The molecule has 0 fully saturated rings. The molecule has 112 valence electrons. The van der Waals surface area contributed by atoms with Crippen LogP contribution < -0.4 is 5.32 Å². The summed E-state index contributed by atoms with van der Waals surface area (Å²) in [5.41, 5.74) is 3.75. The molecular weight excluding hydrogens is 288 g/mol. The number of phenols is 1. The number of phenolic OH excluding ortho intramolecular Hbond substituents is 1. The third kappa shape index (κ3) is 2.34. The first-order chi connectivity index (χ1) is 11.2. The van der Waals surface area contributed by atoms with Crippen LogP contribution in [0.15, 0.2) is 42.7 Å². The third-order valence-corrected chi connectivity index (χ3v) is 4.28. The maximum Gasteiger partial charge on any atom is 0.137 e. The largest absolute Gasteiger partial charge is 0.508 e. The topological polar surface area (TPSA) is 81.8 Å². The van der Waals surface area contributed by atoms with Crippen LogP contribution in [0.4, 0.5) is 5.82 Å². The van der Waals surface area contributed by atoms with Crippen LogP contribution >= 0.6 is 0 Å². The Hall–Kier alpha value is -3.13. The molecule has 23 heavy (non-hydrogen) atoms. The van der Waals surface area contributed by atoms with Crippen LogP contribution in [0.1, 0.15) is 29.2 Å². The molecular formula is C18H14N4O. The molecule has 0 amide bonds. The summed E-state index contributed by atoms with van der Waals surface area (Å²) in [5, 5.41) is 23.0. The van der Waals surface area contributed by atoms with Crippen molar-refractivity contribution in [3.8, 4) is 11.8 Å². The minimum absolute atomic E-state index is 0.148. The van der Waals surface area contributed by atoms with Crippen molar-refractivity contribution in [2.24, 2.45) is 0 Å². The van der Waals surface area contributed by atoms with Gasteiger partial charge in [-0.25, -0.2) is 9.97 Å². The minimum atomic E-state index is 0.148. The molecule has 5 nitrogen and oxygen atoms in total. The number of aromatic nitrogens is 2. The molecule has 0 saturated heterocycles. The maximum absolute atomic E-state index is 9.60. The van der Waals surface area contributed by atoms with E-state index in [0.29, 0.717) is 11.3 Å². The highest BCUT2D eigenvalue weighted by atomic mass is 16.3. The van der Waals surface area contributed by atoms with E-state index < -0.39 is 0 Å². The Bertz CT molecular complexity index is 945. The summed E-state index contributed by atoms with van der Waals surface area (Å²) in [4.78, 5) is 8.61. The molecule has 1 aliphatic rings. The van der Waals surface area contributed by atoms with Crippen LogP contribution in [0, 0.1) is 11.3 Å². The second kappa shape index (κ2) is 5.25. The SMILES string of the molecule is N#Cc1ccc2ncnc(NC3CCc4cc(O)ccc43)c2c1. The highest BCUT2D eigenvalue weighted by Crippen LogP contribution is 2.36. The van der Waals surface area contributed by atoms with Gasteiger partial charge in [-0.3, -0.25) is 0 Å². The molecule has 3 aromatic rings. The first-order valence-corrected chi connectivity index (χ1v) is 7.48. The summed E-state index contributed by atoms with van der Waals surface area (Å²) in [7, 11) is 0. The molecule has 1 heterocycles. The van der Waals surface area contributed by atoms with Gasteiger partial charge in [0.05, 0.1) is 23.2 Å². The Kier molecular flexibility index (Phi) is 3.09. The van der Waals surface area contributed by atoms with Gasteiger partial charge in [-0.15, -0.1) is 0 Å². The Morgan fingerprint density at radius 3 is 2.96 bits per heavy atom. The Balaban J connectivity index is 1.73. The van der Waals surface area contributed by atoms with Gasteiger partial charge in [0.15, 0.2) is 0 Å². The molecule has 1 unspecified atom stereocenters. The van der Waals surface area contributed by atoms with Gasteiger partial charge in [0.25, 0.3) is 0 Å². The van der Waals surface area contributed by atoms with E-state index in [0.717, 1.165) is 29.6 Å². The van der Waals surface area contributed by atoms with E-state index in [-0.39, 0.29) is 6.04 Å². The monoisotopic (exact) mass is 302 g/mol. The number of aromatic hydroxyl groups is 1. The maximum atomic E-state index is 9.60. The molecule has 0 aliphatic heterocycles. The number of nitrogens with one attached hydrogen (secondary N) is 1. The molecule has 2 aromatic carbocycles. The van der Waals surface area contributed by atoms with Gasteiger partial charge < -0.3 is 10.4 Å². The average Bonchev–Trinajstić information content (AvgIpc) is 2.96. The summed E-state index contributed by atoms with van der Waals surface area (Å²) in [6.07, 6.45) is 3.40. The van der Waals surface area contributed by atoms with Crippen LogP contribution in [0.25, 0.3) is 10.9 Å². The van der Waals surface area contributed by atoms with Gasteiger partial charge in [0.2, 0.25) is 0 Å². The van der Waals surface area contributed by atoms with Gasteiger partial charge in [0, 0.05) is 5.39 Å². The summed E-state index contributed by atoms with van der Waals surface area (Å²) in [5.74, 6) is 1.04. The zero-order valence-corrected chi connectivity index (χ0v) is 12.3. The predicted molar refractivity (Wildman–Crippen MR) is 87.0 cm³/mol. The van der Waals surface area contributed by atoms with Crippen molar-refractivity contribution < 1.29 is 5.11 Å². The normalized spacial score (nSPS) is 16.0. The first kappa shape index (κ1) is 13.5. The van der Waals surface area contributed by atoms with Crippen LogP contribution in [0.3, 0.4) is 0 Å². The number of nitrogens with zero attached hydrogens (tertiary/aromatic N) is 3. The predicted octanol–water partition coefficient (Wildman–Crippen LogP) is 3.31. The highest BCUT2D eigenvalue weighted by molar-refractivity contribution is 5.90. The van der Waals surface area contributed by atoms with Crippen molar-refractivity contribution in [3.05, 3.63) is 59.4 Å². The summed E-state index contributed by atoms with van der Waals surface area (Å²) >= 11 is 0. The summed E-state index contributed by atoms with van der Waals surface area (Å²) < 4.78 is 0. The van der Waals surface area contributed by atoms with E-state index in [9.17, 15) is 5.11 Å². The number of hydrogen-bond donors (Lipinski definition) is 2. The van der Waals surface area contributed by atoms with Crippen molar-refractivity contribution in [1.82, 2.24) is 9.97 Å². The zero-order chi connectivity index (χ0) is 15.8. The van der Waals surface area contributed by atoms with Crippen molar-refractivity contribution in [1.29, 1.82) is 5.26 Å². The van der Waals surface area contributed by atoms with Crippen LogP contribution in [-0.2, 0) is 6.42 Å². The molecule has 0 bridgehead atoms. The van der Waals surface area contributed by atoms with E-state index in [1.807, 2.05) is 24.3 Å². The third-order valence-electron chi connectivity index (χ3n) is 4.28. The van der Waals surface area contributed by atoms with Gasteiger partial charge >= 0.3 is 0 Å². The van der Waals surface area contributed by atoms with Crippen LogP contribution in [0.5, 0.6) is 5.75 Å². The molecule has 1 aromatic heterocycles. The average molecular weight is 302 g/mol. The quantitative estimate of drug-likeness (QED) is 0.759.